The minimum absolute atomic E-state index is 0.0689. The fourth-order valence-corrected chi connectivity index (χ4v) is 4.39. The molecule has 158 valence electrons. The van der Waals surface area contributed by atoms with Crippen molar-refractivity contribution >= 4 is 41.1 Å². The van der Waals surface area contributed by atoms with Crippen LogP contribution in [0.5, 0.6) is 0 Å². The molecule has 3 amide bonds. The van der Waals surface area contributed by atoms with Gasteiger partial charge in [-0.3, -0.25) is 14.4 Å². The van der Waals surface area contributed by atoms with Crippen LogP contribution in [0.15, 0.2) is 24.3 Å². The van der Waals surface area contributed by atoms with Gasteiger partial charge in [-0.25, -0.2) is 4.79 Å². The lowest BCUT2D eigenvalue weighted by Gasteiger charge is -2.25. The van der Waals surface area contributed by atoms with Crippen LogP contribution >= 0.6 is 11.8 Å². The first-order chi connectivity index (χ1) is 13.8. The summed E-state index contributed by atoms with van der Waals surface area (Å²) in [6.45, 7) is 3.38. The number of hydrogen-bond donors (Lipinski definition) is 2. The quantitative estimate of drug-likeness (QED) is 0.467. The second kappa shape index (κ2) is 10.8. The number of thioether (sulfide) groups is 1. The summed E-state index contributed by atoms with van der Waals surface area (Å²) in [5, 5.41) is 5.25. The van der Waals surface area contributed by atoms with E-state index < -0.39 is 12.0 Å². The Bertz CT molecular complexity index is 753. The standard InChI is InChI=1S/C20H27N3O5S/c1-13(24)21-16-9-7-15(8-10-16)19-23(18(26)12-29-19)11-5-4-6-17(20(27)28-3)22-14(2)25/h7-10,17,19H,4-6,11-12H2,1-3H3,(H,21,24)(H,22,25). The Morgan fingerprint density at radius 1 is 1.17 bits per heavy atom. The van der Waals surface area contributed by atoms with E-state index in [1.54, 1.807) is 11.8 Å². The van der Waals surface area contributed by atoms with Crippen molar-refractivity contribution in [3.05, 3.63) is 29.8 Å². The highest BCUT2D eigenvalue weighted by molar-refractivity contribution is 8.00. The molecule has 1 aromatic carbocycles. The average molecular weight is 422 g/mol. The third-order valence-corrected chi connectivity index (χ3v) is 5.75. The van der Waals surface area contributed by atoms with Crippen LogP contribution in [0.25, 0.3) is 0 Å². The van der Waals surface area contributed by atoms with Crippen LogP contribution in [-0.2, 0) is 23.9 Å². The summed E-state index contributed by atoms with van der Waals surface area (Å²) in [7, 11) is 1.29. The summed E-state index contributed by atoms with van der Waals surface area (Å²) in [5.41, 5.74) is 1.72. The fraction of sp³-hybridized carbons (Fsp3) is 0.500. The van der Waals surface area contributed by atoms with E-state index in [1.807, 2.05) is 29.2 Å². The minimum atomic E-state index is -0.668. The highest BCUT2D eigenvalue weighted by atomic mass is 32.2. The molecule has 1 heterocycles. The molecule has 1 aromatic rings. The van der Waals surface area contributed by atoms with Crippen LogP contribution in [0.2, 0.25) is 0 Å². The van der Waals surface area contributed by atoms with Crippen LogP contribution in [0, 0.1) is 0 Å². The van der Waals surface area contributed by atoms with E-state index in [4.69, 9.17) is 4.74 Å². The van der Waals surface area contributed by atoms with Gasteiger partial charge in [0.2, 0.25) is 17.7 Å². The molecule has 0 aliphatic carbocycles. The van der Waals surface area contributed by atoms with Gasteiger partial charge in [-0.2, -0.15) is 0 Å². The van der Waals surface area contributed by atoms with E-state index in [1.165, 1.54) is 21.0 Å². The van der Waals surface area contributed by atoms with E-state index in [2.05, 4.69) is 10.6 Å². The summed E-state index contributed by atoms with van der Waals surface area (Å²) < 4.78 is 4.72. The Labute approximate surface area is 174 Å². The van der Waals surface area contributed by atoms with Crippen molar-refractivity contribution in [2.75, 3.05) is 24.7 Å². The Hall–Kier alpha value is -2.55. The zero-order chi connectivity index (χ0) is 21.4. The highest BCUT2D eigenvalue weighted by Gasteiger charge is 2.32. The second-order valence-corrected chi connectivity index (χ2v) is 7.89. The summed E-state index contributed by atoms with van der Waals surface area (Å²) >= 11 is 1.57. The molecule has 1 aliphatic rings. The van der Waals surface area contributed by atoms with E-state index in [9.17, 15) is 19.2 Å². The van der Waals surface area contributed by atoms with Crippen molar-refractivity contribution in [2.45, 2.75) is 44.5 Å². The highest BCUT2D eigenvalue weighted by Crippen LogP contribution is 2.39. The predicted octanol–water partition coefficient (Wildman–Crippen LogP) is 2.07. The Kier molecular flexibility index (Phi) is 8.50. The van der Waals surface area contributed by atoms with Gasteiger partial charge in [-0.05, 0) is 37.0 Å². The number of unbranched alkanes of at least 4 members (excludes halogenated alkanes) is 1. The Balaban J connectivity index is 1.91. The van der Waals surface area contributed by atoms with Crippen molar-refractivity contribution in [3.8, 4) is 0 Å². The van der Waals surface area contributed by atoms with E-state index >= 15 is 0 Å². The molecular formula is C20H27N3O5S. The van der Waals surface area contributed by atoms with Crippen molar-refractivity contribution in [1.29, 1.82) is 0 Å². The van der Waals surface area contributed by atoms with Gasteiger partial charge in [0.25, 0.3) is 0 Å². The molecule has 1 fully saturated rings. The maximum Gasteiger partial charge on any atom is 0.328 e. The first-order valence-electron chi connectivity index (χ1n) is 9.45. The fourth-order valence-electron chi connectivity index (χ4n) is 3.17. The maximum atomic E-state index is 12.3. The summed E-state index contributed by atoms with van der Waals surface area (Å²) in [4.78, 5) is 48.3. The number of methoxy groups -OCH3 is 1. The monoisotopic (exact) mass is 421 g/mol. The van der Waals surface area contributed by atoms with E-state index in [0.717, 1.165) is 5.56 Å². The number of esters is 1. The molecule has 9 heteroatoms. The molecule has 0 bridgehead atoms. The predicted molar refractivity (Wildman–Crippen MR) is 111 cm³/mol. The molecule has 1 aliphatic heterocycles. The number of anilines is 1. The molecule has 0 radical (unpaired) electrons. The zero-order valence-electron chi connectivity index (χ0n) is 16.9. The van der Waals surface area contributed by atoms with Gasteiger partial charge in [0.1, 0.15) is 11.4 Å². The maximum absolute atomic E-state index is 12.3. The molecule has 29 heavy (non-hydrogen) atoms. The molecule has 2 rings (SSSR count). The molecule has 2 unspecified atom stereocenters. The number of benzene rings is 1. The molecule has 2 N–H and O–H groups in total. The number of carbonyl (C=O) groups is 4. The van der Waals surface area contributed by atoms with Gasteiger partial charge in [0, 0.05) is 26.1 Å². The van der Waals surface area contributed by atoms with Crippen molar-refractivity contribution in [2.24, 2.45) is 0 Å². The van der Waals surface area contributed by atoms with Gasteiger partial charge in [0.05, 0.1) is 12.9 Å². The van der Waals surface area contributed by atoms with Crippen molar-refractivity contribution in [1.82, 2.24) is 10.2 Å². The number of ether oxygens (including phenoxy) is 1. The third-order valence-electron chi connectivity index (χ3n) is 4.49. The second-order valence-electron chi connectivity index (χ2n) is 6.83. The van der Waals surface area contributed by atoms with Crippen molar-refractivity contribution < 1.29 is 23.9 Å². The number of rotatable bonds is 9. The molecule has 0 saturated carbocycles. The lowest BCUT2D eigenvalue weighted by Crippen LogP contribution is -2.40. The van der Waals surface area contributed by atoms with Crippen LogP contribution in [0.3, 0.4) is 0 Å². The van der Waals surface area contributed by atoms with Crippen LogP contribution in [-0.4, -0.2) is 54.0 Å². The van der Waals surface area contributed by atoms with E-state index in [-0.39, 0.29) is 23.1 Å². The van der Waals surface area contributed by atoms with Crippen LogP contribution in [0.1, 0.15) is 44.0 Å². The summed E-state index contributed by atoms with van der Waals surface area (Å²) in [6, 6.07) is 6.81. The largest absolute Gasteiger partial charge is 0.467 e. The molecule has 0 aromatic heterocycles. The molecule has 8 nitrogen and oxygen atoms in total. The van der Waals surface area contributed by atoms with Gasteiger partial charge >= 0.3 is 5.97 Å². The molecule has 1 saturated heterocycles. The van der Waals surface area contributed by atoms with E-state index in [0.29, 0.717) is 37.2 Å². The van der Waals surface area contributed by atoms with Crippen molar-refractivity contribution in [3.63, 3.8) is 0 Å². The number of hydrogen-bond acceptors (Lipinski definition) is 6. The Morgan fingerprint density at radius 2 is 1.86 bits per heavy atom. The molecular weight excluding hydrogens is 394 g/mol. The number of nitrogens with zero attached hydrogens (tertiary/aromatic N) is 1. The number of amides is 3. The Morgan fingerprint density at radius 3 is 2.45 bits per heavy atom. The normalized spacial score (nSPS) is 17.0. The summed E-state index contributed by atoms with van der Waals surface area (Å²) in [5.74, 6) is -0.375. The lowest BCUT2D eigenvalue weighted by atomic mass is 10.1. The summed E-state index contributed by atoms with van der Waals surface area (Å²) in [6.07, 6.45) is 1.83. The molecule has 0 spiro atoms. The zero-order valence-corrected chi connectivity index (χ0v) is 17.7. The smallest absolute Gasteiger partial charge is 0.328 e. The van der Waals surface area contributed by atoms with Gasteiger partial charge in [-0.15, -0.1) is 11.8 Å². The van der Waals surface area contributed by atoms with Gasteiger partial charge in [0.15, 0.2) is 0 Å². The lowest BCUT2D eigenvalue weighted by molar-refractivity contribution is -0.145. The molecule has 2 atom stereocenters. The first-order valence-corrected chi connectivity index (χ1v) is 10.5. The van der Waals surface area contributed by atoms with Crippen LogP contribution in [0.4, 0.5) is 5.69 Å². The number of carbonyl (C=O) groups excluding carboxylic acids is 4. The topological polar surface area (TPSA) is 105 Å². The SMILES string of the molecule is COC(=O)C(CCCCN1C(=O)CSC1c1ccc(NC(C)=O)cc1)NC(C)=O. The number of nitrogens with one attached hydrogen (secondary N) is 2. The first kappa shape index (κ1) is 22.7. The van der Waals surface area contributed by atoms with Gasteiger partial charge in [-0.1, -0.05) is 12.1 Å². The van der Waals surface area contributed by atoms with Gasteiger partial charge < -0.3 is 20.3 Å². The third kappa shape index (κ3) is 6.77. The van der Waals surface area contributed by atoms with Crippen LogP contribution < -0.4 is 10.6 Å². The minimum Gasteiger partial charge on any atom is -0.467 e. The average Bonchev–Trinajstić information content (AvgIpc) is 3.04.